The van der Waals surface area contributed by atoms with Crippen LogP contribution in [0.4, 0.5) is 0 Å². The molecule has 6 heteroatoms. The Morgan fingerprint density at radius 3 is 2.39 bits per heavy atom. The Hall–Kier alpha value is -1.82. The molecule has 0 saturated heterocycles. The molecule has 0 aliphatic carbocycles. The lowest BCUT2D eigenvalue weighted by Gasteiger charge is -2.09. The first-order valence-corrected chi connectivity index (χ1v) is 6.80. The summed E-state index contributed by atoms with van der Waals surface area (Å²) >= 11 is 0. The van der Waals surface area contributed by atoms with Crippen molar-refractivity contribution in [2.24, 2.45) is 0 Å². The van der Waals surface area contributed by atoms with Gasteiger partial charge in [0, 0.05) is 0 Å². The third kappa shape index (κ3) is 3.59. The summed E-state index contributed by atoms with van der Waals surface area (Å²) in [6.07, 6.45) is 0. The minimum atomic E-state index is -3.79. The molecular formula is C12H15NO4S. The molecule has 0 aromatic heterocycles. The van der Waals surface area contributed by atoms with Crippen molar-refractivity contribution >= 4 is 16.0 Å². The van der Waals surface area contributed by atoms with Gasteiger partial charge in [0.25, 0.3) is 10.0 Å². The number of carbonyl (C=O) groups excluding carboxylic acids is 1. The van der Waals surface area contributed by atoms with Crippen molar-refractivity contribution < 1.29 is 17.9 Å². The fourth-order valence-corrected chi connectivity index (χ4v) is 2.22. The van der Waals surface area contributed by atoms with Crippen molar-refractivity contribution in [2.45, 2.75) is 18.7 Å². The van der Waals surface area contributed by atoms with E-state index in [0.29, 0.717) is 0 Å². The number of sulfonamides is 1. The van der Waals surface area contributed by atoms with Crippen LogP contribution in [-0.4, -0.2) is 21.0 Å². The minimum Gasteiger partial charge on any atom is -0.461 e. The van der Waals surface area contributed by atoms with Crippen molar-refractivity contribution in [3.63, 3.8) is 0 Å². The van der Waals surface area contributed by atoms with Crippen molar-refractivity contribution in [3.8, 4) is 0 Å². The maximum absolute atomic E-state index is 11.9. The number of ether oxygens (including phenoxy) is 1. The molecule has 0 aliphatic heterocycles. The van der Waals surface area contributed by atoms with Crippen LogP contribution in [0.15, 0.2) is 41.4 Å². The van der Waals surface area contributed by atoms with Gasteiger partial charge in [0.05, 0.1) is 11.5 Å². The summed E-state index contributed by atoms with van der Waals surface area (Å²) in [6.45, 7) is 6.97. The third-order valence-electron chi connectivity index (χ3n) is 2.11. The highest BCUT2D eigenvalue weighted by atomic mass is 32.2. The van der Waals surface area contributed by atoms with Crippen molar-refractivity contribution in [1.82, 2.24) is 4.72 Å². The molecule has 0 atom stereocenters. The molecule has 0 heterocycles. The average molecular weight is 269 g/mol. The van der Waals surface area contributed by atoms with E-state index in [1.165, 1.54) is 12.1 Å². The number of benzene rings is 1. The lowest BCUT2D eigenvalue weighted by molar-refractivity contribution is -0.138. The molecular weight excluding hydrogens is 254 g/mol. The Morgan fingerprint density at radius 1 is 1.33 bits per heavy atom. The first-order chi connectivity index (χ1) is 8.36. The van der Waals surface area contributed by atoms with Crippen molar-refractivity contribution in [2.75, 3.05) is 6.61 Å². The number of rotatable bonds is 5. The van der Waals surface area contributed by atoms with Gasteiger partial charge in [-0.1, -0.05) is 24.3 Å². The molecule has 1 aromatic carbocycles. The quantitative estimate of drug-likeness (QED) is 0.647. The zero-order valence-corrected chi connectivity index (χ0v) is 11.1. The summed E-state index contributed by atoms with van der Waals surface area (Å²) < 4.78 is 30.5. The van der Waals surface area contributed by atoms with E-state index in [0.717, 1.165) is 5.56 Å². The van der Waals surface area contributed by atoms with Gasteiger partial charge in [-0.15, -0.1) is 0 Å². The van der Waals surface area contributed by atoms with E-state index in [2.05, 4.69) is 16.0 Å². The van der Waals surface area contributed by atoms with Crippen LogP contribution in [0.5, 0.6) is 0 Å². The van der Waals surface area contributed by atoms with Crippen molar-refractivity contribution in [1.29, 1.82) is 0 Å². The van der Waals surface area contributed by atoms with Crippen LogP contribution in [0, 0.1) is 6.92 Å². The first-order valence-electron chi connectivity index (χ1n) is 5.32. The minimum absolute atomic E-state index is 0.0681. The van der Waals surface area contributed by atoms with E-state index in [1.807, 2.05) is 6.92 Å². The van der Waals surface area contributed by atoms with Crippen LogP contribution in [0.1, 0.15) is 12.5 Å². The molecule has 18 heavy (non-hydrogen) atoms. The highest BCUT2D eigenvalue weighted by Gasteiger charge is 2.18. The zero-order chi connectivity index (χ0) is 13.8. The summed E-state index contributed by atoms with van der Waals surface area (Å²) in [5, 5.41) is 0. The molecule has 0 fully saturated rings. The Labute approximate surface area is 107 Å². The second-order valence-corrected chi connectivity index (χ2v) is 5.30. The number of hydrogen-bond acceptors (Lipinski definition) is 4. The molecule has 0 amide bonds. The largest absolute Gasteiger partial charge is 0.461 e. The Balaban J connectivity index is 2.86. The Morgan fingerprint density at radius 2 is 1.89 bits per heavy atom. The Kier molecular flexibility index (Phi) is 4.49. The lowest BCUT2D eigenvalue weighted by atomic mass is 10.2. The number of nitrogens with one attached hydrogen (secondary N) is 1. The van der Waals surface area contributed by atoms with Crippen LogP contribution in [0.3, 0.4) is 0 Å². The molecule has 1 aromatic rings. The Bertz CT molecular complexity index is 546. The molecule has 0 bridgehead atoms. The highest BCUT2D eigenvalue weighted by molar-refractivity contribution is 7.89. The van der Waals surface area contributed by atoms with Gasteiger partial charge in [0.15, 0.2) is 0 Å². The van der Waals surface area contributed by atoms with Gasteiger partial charge in [-0.25, -0.2) is 13.2 Å². The van der Waals surface area contributed by atoms with Gasteiger partial charge in [-0.05, 0) is 26.0 Å². The second-order valence-electron chi connectivity index (χ2n) is 3.62. The smallest absolute Gasteiger partial charge is 0.354 e. The SMILES string of the molecule is C=C(NS(=O)(=O)c1ccc(C)cc1)C(=O)OCC. The van der Waals surface area contributed by atoms with Crippen LogP contribution in [-0.2, 0) is 19.6 Å². The monoisotopic (exact) mass is 269 g/mol. The fourth-order valence-electron chi connectivity index (χ4n) is 1.20. The highest BCUT2D eigenvalue weighted by Crippen LogP contribution is 2.11. The number of carbonyl (C=O) groups is 1. The summed E-state index contributed by atoms with van der Waals surface area (Å²) in [5.74, 6) is -0.784. The van der Waals surface area contributed by atoms with Gasteiger partial charge in [-0.2, -0.15) is 0 Å². The second kappa shape index (κ2) is 5.68. The van der Waals surface area contributed by atoms with Gasteiger partial charge < -0.3 is 4.74 Å². The van der Waals surface area contributed by atoms with Gasteiger partial charge in [-0.3, -0.25) is 4.72 Å². The van der Waals surface area contributed by atoms with Gasteiger partial charge in [0.1, 0.15) is 5.70 Å². The summed E-state index contributed by atoms with van der Waals surface area (Å²) in [7, 11) is -3.79. The molecule has 0 aliphatic rings. The van der Waals surface area contributed by atoms with Gasteiger partial charge >= 0.3 is 5.97 Å². The van der Waals surface area contributed by atoms with E-state index in [4.69, 9.17) is 0 Å². The predicted molar refractivity (Wildman–Crippen MR) is 67.3 cm³/mol. The number of aryl methyl sites for hydroxylation is 1. The zero-order valence-electron chi connectivity index (χ0n) is 10.3. The standard InChI is InChI=1S/C12H15NO4S/c1-4-17-12(14)10(3)13-18(15,16)11-7-5-9(2)6-8-11/h5-8,13H,3-4H2,1-2H3. The van der Waals surface area contributed by atoms with E-state index in [1.54, 1.807) is 19.1 Å². The molecule has 1 N–H and O–H groups in total. The maximum Gasteiger partial charge on any atom is 0.354 e. The third-order valence-corrected chi connectivity index (χ3v) is 3.52. The summed E-state index contributed by atoms with van der Waals surface area (Å²) in [4.78, 5) is 11.3. The first kappa shape index (κ1) is 14.2. The molecule has 0 saturated carbocycles. The van der Waals surface area contributed by atoms with Crippen molar-refractivity contribution in [3.05, 3.63) is 42.1 Å². The van der Waals surface area contributed by atoms with Crippen LogP contribution in [0.2, 0.25) is 0 Å². The number of hydrogen-bond donors (Lipinski definition) is 1. The fraction of sp³-hybridized carbons (Fsp3) is 0.250. The molecule has 5 nitrogen and oxygen atoms in total. The van der Waals surface area contributed by atoms with Gasteiger partial charge in [0.2, 0.25) is 0 Å². The predicted octanol–water partition coefficient (Wildman–Crippen LogP) is 1.35. The maximum atomic E-state index is 11.9. The molecule has 0 radical (unpaired) electrons. The van der Waals surface area contributed by atoms with E-state index in [-0.39, 0.29) is 17.2 Å². The molecule has 1 rings (SSSR count). The van der Waals surface area contributed by atoms with Crippen LogP contribution >= 0.6 is 0 Å². The van der Waals surface area contributed by atoms with Crippen LogP contribution < -0.4 is 4.72 Å². The molecule has 0 spiro atoms. The topological polar surface area (TPSA) is 72.5 Å². The molecule has 98 valence electrons. The summed E-state index contributed by atoms with van der Waals surface area (Å²) in [6, 6.07) is 6.25. The van der Waals surface area contributed by atoms with E-state index < -0.39 is 16.0 Å². The summed E-state index contributed by atoms with van der Waals surface area (Å²) in [5.41, 5.74) is 0.635. The normalized spacial score (nSPS) is 10.8. The molecule has 0 unspecified atom stereocenters. The van der Waals surface area contributed by atoms with E-state index >= 15 is 0 Å². The lowest BCUT2D eigenvalue weighted by Crippen LogP contribution is -2.28. The van der Waals surface area contributed by atoms with Crippen LogP contribution in [0.25, 0.3) is 0 Å². The average Bonchev–Trinajstić information content (AvgIpc) is 2.29. The number of esters is 1. The van der Waals surface area contributed by atoms with E-state index in [9.17, 15) is 13.2 Å².